The summed E-state index contributed by atoms with van der Waals surface area (Å²) in [4.78, 5) is 0. The van der Waals surface area contributed by atoms with E-state index < -0.39 is 0 Å². The summed E-state index contributed by atoms with van der Waals surface area (Å²) >= 11 is 0. The minimum atomic E-state index is -0.375. The predicted molar refractivity (Wildman–Crippen MR) is 69.5 cm³/mol. The summed E-state index contributed by atoms with van der Waals surface area (Å²) in [6, 6.07) is 0. The Kier molecular flexibility index (Phi) is 2.74. The van der Waals surface area contributed by atoms with Gasteiger partial charge in [0.25, 0.3) is 0 Å². The lowest BCUT2D eigenvalue weighted by Crippen LogP contribution is -2.06. The molecule has 77 valence electrons. The maximum atomic E-state index is 3.57. The van der Waals surface area contributed by atoms with Gasteiger partial charge < -0.3 is 0 Å². The van der Waals surface area contributed by atoms with Gasteiger partial charge in [-0.3, -0.25) is 0 Å². The highest BCUT2D eigenvalue weighted by atomic mass is 28.2. The van der Waals surface area contributed by atoms with E-state index in [4.69, 9.17) is 0 Å². The first-order chi connectivity index (χ1) is 7.11. The lowest BCUT2D eigenvalue weighted by atomic mass is 9.98. The van der Waals surface area contributed by atoms with Crippen molar-refractivity contribution in [1.29, 1.82) is 0 Å². The quantitative estimate of drug-likeness (QED) is 0.585. The molecule has 0 aromatic carbocycles. The van der Waals surface area contributed by atoms with E-state index in [1.165, 1.54) is 27.5 Å². The SMILES string of the molecule is CC1=[C]C(=[Si](C)C)C(C)=C1C1=CC=CC1. The van der Waals surface area contributed by atoms with Crippen LogP contribution < -0.4 is 0 Å². The zero-order chi connectivity index (χ0) is 11.0. The molecular formula is C14H17Si. The molecule has 0 amide bonds. The molecule has 0 bridgehead atoms. The van der Waals surface area contributed by atoms with Crippen LogP contribution in [0.2, 0.25) is 13.1 Å². The maximum absolute atomic E-state index is 3.57. The molecule has 0 saturated heterocycles. The summed E-state index contributed by atoms with van der Waals surface area (Å²) in [5, 5.41) is 1.49. The standard InChI is InChI=1S/C14H17Si/c1-10-9-13(15(3)4)11(2)14(10)12-7-5-6-8-12/h5-7H,8H2,1-4H3. The molecule has 2 aliphatic carbocycles. The van der Waals surface area contributed by atoms with Crippen LogP contribution in [0.25, 0.3) is 0 Å². The largest absolute Gasteiger partial charge is 0.0801 e. The van der Waals surface area contributed by atoms with Crippen LogP contribution in [-0.4, -0.2) is 13.6 Å². The van der Waals surface area contributed by atoms with E-state index in [2.05, 4.69) is 51.2 Å². The molecule has 15 heavy (non-hydrogen) atoms. The fourth-order valence-corrected chi connectivity index (χ4v) is 3.68. The second-order valence-electron chi connectivity index (χ2n) is 4.45. The zero-order valence-electron chi connectivity index (χ0n) is 9.94. The van der Waals surface area contributed by atoms with E-state index in [1.807, 2.05) is 0 Å². The molecule has 0 N–H and O–H groups in total. The Morgan fingerprint density at radius 3 is 2.47 bits per heavy atom. The van der Waals surface area contributed by atoms with Gasteiger partial charge in [-0.25, -0.2) is 0 Å². The summed E-state index contributed by atoms with van der Waals surface area (Å²) in [5.74, 6) is 0. The molecular weight excluding hydrogens is 196 g/mol. The van der Waals surface area contributed by atoms with E-state index >= 15 is 0 Å². The van der Waals surface area contributed by atoms with E-state index in [-0.39, 0.29) is 8.41 Å². The van der Waals surface area contributed by atoms with Crippen molar-refractivity contribution >= 4 is 13.6 Å². The first-order valence-electron chi connectivity index (χ1n) is 5.47. The fraction of sp³-hybridized carbons (Fsp3) is 0.357. The van der Waals surface area contributed by atoms with E-state index in [1.54, 1.807) is 0 Å². The van der Waals surface area contributed by atoms with Crippen molar-refractivity contribution in [2.24, 2.45) is 0 Å². The molecule has 1 radical (unpaired) electrons. The van der Waals surface area contributed by atoms with Gasteiger partial charge in [-0.15, -0.1) is 0 Å². The summed E-state index contributed by atoms with van der Waals surface area (Å²) < 4.78 is 0. The Morgan fingerprint density at radius 1 is 1.27 bits per heavy atom. The highest BCUT2D eigenvalue weighted by Gasteiger charge is 2.20. The van der Waals surface area contributed by atoms with Crippen LogP contribution in [0.3, 0.4) is 0 Å². The molecule has 0 saturated carbocycles. The summed E-state index contributed by atoms with van der Waals surface area (Å²) in [7, 11) is -0.375. The Balaban J connectivity index is 2.49. The summed E-state index contributed by atoms with van der Waals surface area (Å²) in [6.45, 7) is 9.13. The summed E-state index contributed by atoms with van der Waals surface area (Å²) in [6.07, 6.45) is 11.3. The lowest BCUT2D eigenvalue weighted by Gasteiger charge is -2.08. The Morgan fingerprint density at radius 2 is 2.00 bits per heavy atom. The average Bonchev–Trinajstić information content (AvgIpc) is 2.73. The second-order valence-corrected chi connectivity index (χ2v) is 6.95. The molecule has 0 fully saturated rings. The van der Waals surface area contributed by atoms with E-state index in [0.29, 0.717) is 0 Å². The Bertz CT molecular complexity index is 450. The van der Waals surface area contributed by atoms with E-state index in [0.717, 1.165) is 6.42 Å². The first kappa shape index (κ1) is 10.6. The van der Waals surface area contributed by atoms with Crippen molar-refractivity contribution in [3.8, 4) is 0 Å². The van der Waals surface area contributed by atoms with Crippen molar-refractivity contribution in [2.75, 3.05) is 0 Å². The third-order valence-electron chi connectivity index (χ3n) is 3.03. The van der Waals surface area contributed by atoms with Gasteiger partial charge in [-0.05, 0) is 53.8 Å². The lowest BCUT2D eigenvalue weighted by molar-refractivity contribution is 1.23. The molecule has 0 spiro atoms. The molecule has 0 nitrogen and oxygen atoms in total. The average molecular weight is 213 g/mol. The van der Waals surface area contributed by atoms with Crippen LogP contribution in [0.4, 0.5) is 0 Å². The number of allylic oxidation sites excluding steroid dienone is 8. The second kappa shape index (κ2) is 3.90. The molecule has 0 aromatic heterocycles. The van der Waals surface area contributed by atoms with Gasteiger partial charge in [0.2, 0.25) is 0 Å². The van der Waals surface area contributed by atoms with Crippen molar-refractivity contribution in [3.63, 3.8) is 0 Å². The maximum Gasteiger partial charge on any atom is 0.0140 e. The molecule has 1 heteroatoms. The molecule has 0 unspecified atom stereocenters. The van der Waals surface area contributed by atoms with Gasteiger partial charge in [-0.1, -0.05) is 31.3 Å². The van der Waals surface area contributed by atoms with Crippen molar-refractivity contribution in [1.82, 2.24) is 0 Å². The molecule has 0 aliphatic heterocycles. The van der Waals surface area contributed by atoms with Crippen molar-refractivity contribution < 1.29 is 0 Å². The number of hydrogen-bond acceptors (Lipinski definition) is 0. The van der Waals surface area contributed by atoms with Crippen molar-refractivity contribution in [3.05, 3.63) is 46.6 Å². The smallest absolute Gasteiger partial charge is 0.0140 e. The van der Waals surface area contributed by atoms with Gasteiger partial charge in [-0.2, -0.15) is 0 Å². The van der Waals surface area contributed by atoms with Crippen LogP contribution in [0.15, 0.2) is 40.5 Å². The van der Waals surface area contributed by atoms with Gasteiger partial charge in [0, 0.05) is 8.41 Å². The van der Waals surface area contributed by atoms with Crippen LogP contribution >= 0.6 is 0 Å². The molecule has 0 aromatic rings. The molecule has 2 rings (SSSR count). The number of rotatable bonds is 1. The van der Waals surface area contributed by atoms with Gasteiger partial charge in [0.05, 0.1) is 0 Å². The minimum absolute atomic E-state index is 0.375. The Hall–Kier alpha value is -0.953. The highest BCUT2D eigenvalue weighted by Crippen LogP contribution is 2.33. The highest BCUT2D eigenvalue weighted by molar-refractivity contribution is 6.73. The number of hydrogen-bond donors (Lipinski definition) is 0. The molecule has 2 aliphatic rings. The molecule has 0 atom stereocenters. The van der Waals surface area contributed by atoms with Crippen molar-refractivity contribution in [2.45, 2.75) is 33.4 Å². The summed E-state index contributed by atoms with van der Waals surface area (Å²) in [5.41, 5.74) is 5.74. The Labute approximate surface area is 93.9 Å². The van der Waals surface area contributed by atoms with Crippen LogP contribution in [0.5, 0.6) is 0 Å². The molecule has 0 heterocycles. The normalized spacial score (nSPS) is 19.9. The van der Waals surface area contributed by atoms with Crippen LogP contribution in [0, 0.1) is 6.08 Å². The van der Waals surface area contributed by atoms with Crippen LogP contribution in [-0.2, 0) is 0 Å². The van der Waals surface area contributed by atoms with E-state index in [9.17, 15) is 0 Å². The minimum Gasteiger partial charge on any atom is -0.0801 e. The topological polar surface area (TPSA) is 0 Å². The zero-order valence-corrected chi connectivity index (χ0v) is 10.9. The van der Waals surface area contributed by atoms with Gasteiger partial charge in [0.1, 0.15) is 0 Å². The van der Waals surface area contributed by atoms with Gasteiger partial charge >= 0.3 is 0 Å². The van der Waals surface area contributed by atoms with Crippen LogP contribution in [0.1, 0.15) is 20.3 Å². The fourth-order valence-electron chi connectivity index (χ4n) is 2.36. The predicted octanol–water partition coefficient (Wildman–Crippen LogP) is 3.46. The monoisotopic (exact) mass is 213 g/mol. The third-order valence-corrected chi connectivity index (χ3v) is 4.53. The third kappa shape index (κ3) is 1.76. The van der Waals surface area contributed by atoms with Gasteiger partial charge in [0.15, 0.2) is 0 Å². The first-order valence-corrected chi connectivity index (χ1v) is 7.97.